The van der Waals surface area contributed by atoms with E-state index in [4.69, 9.17) is 23.9 Å². The Morgan fingerprint density at radius 2 is 0.951 bits per heavy atom. The van der Waals surface area contributed by atoms with Crippen molar-refractivity contribution in [2.24, 2.45) is 23.7 Å². The van der Waals surface area contributed by atoms with Crippen LogP contribution < -0.4 is 18.9 Å². The minimum atomic E-state index is -3.87. The standard InChI is InChI=1S/C43H39N3O4S2.C41H37N3O5S2/c1-3-29(27-44-52(48,49)41-15-9-11-30-10-7-8-14-35(30)41)32-22-23-46-40(25-32)42(51-43(46)47)37-26-39(45-38-21-16-28(2)24-36(37)38)31-17-19-34(20-18-31)50-33-12-5-4-6-13-33;1-3-27(25-42-51(46,47)39-23-30-9-7-8-12-38(30)49-39)29-19-20-44-37(22-29)40(50-41(44)45)34-24-36(43-35-18-13-26(2)21-33(34)35)28-14-16-32(17-15-28)48-31-10-5-4-6-11-31/h3-21,24,26,29,32,40,42,44H,1,22-23,25,27H2,2H3;3-18,21,23-24,27,29,37,40,42H,1,19-20,22,25H2,2H3/t29-,32-,40-,42-;27-,29-,37-,40-/m00/s1. The van der Waals surface area contributed by atoms with Gasteiger partial charge in [0.1, 0.15) is 28.6 Å². The first-order valence-electron chi connectivity index (χ1n) is 34.7. The van der Waals surface area contributed by atoms with Gasteiger partial charge in [-0.05, 0) is 201 Å². The highest BCUT2D eigenvalue weighted by atomic mass is 32.2. The number of fused-ring (bicyclic) bond motifs is 6. The van der Waals surface area contributed by atoms with Gasteiger partial charge in [0, 0.05) is 77.0 Å². The van der Waals surface area contributed by atoms with Crippen LogP contribution >= 0.6 is 23.5 Å². The third-order valence-electron chi connectivity index (χ3n) is 20.4. The molecule has 0 radical (unpaired) electrons. The van der Waals surface area contributed by atoms with Gasteiger partial charge in [-0.3, -0.25) is 9.59 Å². The van der Waals surface area contributed by atoms with E-state index >= 15 is 0 Å². The summed E-state index contributed by atoms with van der Waals surface area (Å²) >= 11 is 2.77. The van der Waals surface area contributed by atoms with Crippen LogP contribution in [0.2, 0.25) is 0 Å². The van der Waals surface area contributed by atoms with Crippen LogP contribution in [0, 0.1) is 37.5 Å². The van der Waals surface area contributed by atoms with E-state index in [2.05, 4.69) is 85.0 Å². The Labute approximate surface area is 608 Å². The van der Waals surface area contributed by atoms with Crippen LogP contribution in [-0.4, -0.2) is 85.3 Å². The normalized spacial score (nSPS) is 19.6. The predicted octanol–water partition coefficient (Wildman–Crippen LogP) is 19.4. The largest absolute Gasteiger partial charge is 0.457 e. The molecule has 4 aliphatic heterocycles. The number of ether oxygens (including phenoxy) is 2. The van der Waals surface area contributed by atoms with Crippen LogP contribution in [0.3, 0.4) is 0 Å². The summed E-state index contributed by atoms with van der Waals surface area (Å²) in [5.41, 5.74) is 10.3. The Balaban J connectivity index is 0.000000166. The second kappa shape index (κ2) is 29.5. The first kappa shape index (κ1) is 68.9. The number of benzene rings is 9. The number of carbonyl (C=O) groups is 2. The van der Waals surface area contributed by atoms with Gasteiger partial charge in [0.15, 0.2) is 0 Å². The summed E-state index contributed by atoms with van der Waals surface area (Å²) in [5.74, 6) is 3.07. The topological polar surface area (TPSA) is 190 Å². The Bertz CT molecular complexity index is 5390. The summed E-state index contributed by atoms with van der Waals surface area (Å²) in [6, 6.07) is 73.6. The molecule has 12 aromatic rings. The van der Waals surface area contributed by atoms with Crippen molar-refractivity contribution in [3.05, 3.63) is 278 Å². The number of carbonyl (C=O) groups excluding carboxylic acids is 2. The molecular weight excluding hydrogens is 1370 g/mol. The summed E-state index contributed by atoms with van der Waals surface area (Å²) < 4.78 is 77.1. The lowest BCUT2D eigenvalue weighted by Crippen LogP contribution is -2.44. The number of hydrogen-bond donors (Lipinski definition) is 2. The average molecular weight is 1440 g/mol. The van der Waals surface area contributed by atoms with Gasteiger partial charge in [-0.15, -0.1) is 13.2 Å². The summed E-state index contributed by atoms with van der Waals surface area (Å²) in [7, 11) is -7.64. The second-order valence-electron chi connectivity index (χ2n) is 26.9. The van der Waals surface area contributed by atoms with Crippen molar-refractivity contribution in [2.75, 3.05) is 26.2 Å². The average Bonchev–Trinajstić information content (AvgIpc) is 1.70. The molecule has 15 nitrogen and oxygen atoms in total. The van der Waals surface area contributed by atoms with Crippen molar-refractivity contribution < 1.29 is 40.3 Å². The van der Waals surface area contributed by atoms with E-state index in [0.717, 1.165) is 126 Å². The molecule has 7 heterocycles. The lowest BCUT2D eigenvalue weighted by molar-refractivity contribution is 0.135. The first-order chi connectivity index (χ1) is 50.0. The maximum absolute atomic E-state index is 13.6. The van der Waals surface area contributed by atoms with Crippen molar-refractivity contribution in [2.45, 2.75) is 72.1 Å². The highest BCUT2D eigenvalue weighted by molar-refractivity contribution is 8.14. The molecule has 0 unspecified atom stereocenters. The van der Waals surface area contributed by atoms with Crippen molar-refractivity contribution >= 4 is 97.6 Å². The van der Waals surface area contributed by atoms with E-state index in [1.54, 1.807) is 24.3 Å². The molecule has 4 fully saturated rings. The molecule has 520 valence electrons. The number of aromatic nitrogens is 2. The third-order valence-corrected chi connectivity index (χ3v) is 25.7. The van der Waals surface area contributed by atoms with Crippen molar-refractivity contribution in [3.8, 4) is 45.5 Å². The van der Waals surface area contributed by atoms with Gasteiger partial charge in [-0.25, -0.2) is 36.2 Å². The van der Waals surface area contributed by atoms with E-state index in [1.807, 2.05) is 180 Å². The molecule has 4 saturated heterocycles. The minimum Gasteiger partial charge on any atom is -0.457 e. The molecule has 103 heavy (non-hydrogen) atoms. The fraction of sp³-hybridized carbons (Fsp3) is 0.214. The van der Waals surface area contributed by atoms with E-state index < -0.39 is 20.0 Å². The molecule has 3 aromatic heterocycles. The fourth-order valence-electron chi connectivity index (χ4n) is 15.0. The van der Waals surface area contributed by atoms with Gasteiger partial charge in [0.05, 0.1) is 37.8 Å². The molecule has 0 spiro atoms. The van der Waals surface area contributed by atoms with Crippen LogP contribution in [0.25, 0.3) is 66.1 Å². The number of para-hydroxylation sites is 3. The van der Waals surface area contributed by atoms with Crippen LogP contribution in [0.4, 0.5) is 9.59 Å². The van der Waals surface area contributed by atoms with Gasteiger partial charge in [0.2, 0.25) is 15.1 Å². The summed E-state index contributed by atoms with van der Waals surface area (Å²) in [4.78, 5) is 41.5. The number of aryl methyl sites for hydroxylation is 2. The SMILES string of the molecule is C=C[C@@H](CNS(=O)(=O)c1cc2ccccc2o1)[C@H]1CCN2C(=O)S[C@@H](c3cc(-c4ccc(Oc5ccccc5)cc4)nc4ccc(C)cc34)[C@@H]2C1.C=C[C@@H](CNS(=O)(=O)c1cccc2ccccc12)[C@H]1CCN2C(=O)S[C@@H](c3cc(-c4ccc(Oc5ccccc5)cc4)nc4ccc(C)cc34)[C@@H]2C1. The Morgan fingerprint density at radius 3 is 1.45 bits per heavy atom. The minimum absolute atomic E-state index is 0.0472. The van der Waals surface area contributed by atoms with Gasteiger partial charge in [-0.2, -0.15) is 0 Å². The van der Waals surface area contributed by atoms with Gasteiger partial charge >= 0.3 is 0 Å². The Hall–Kier alpha value is -9.86. The van der Waals surface area contributed by atoms with Gasteiger partial charge in [0.25, 0.3) is 20.5 Å². The zero-order valence-electron chi connectivity index (χ0n) is 56.9. The van der Waals surface area contributed by atoms with Crippen LogP contribution in [0.15, 0.2) is 270 Å². The highest BCUT2D eigenvalue weighted by Crippen LogP contribution is 2.53. The van der Waals surface area contributed by atoms with Gasteiger partial charge < -0.3 is 23.7 Å². The molecule has 2 N–H and O–H groups in total. The highest BCUT2D eigenvalue weighted by Gasteiger charge is 2.48. The lowest BCUT2D eigenvalue weighted by atomic mass is 9.79. The lowest BCUT2D eigenvalue weighted by Gasteiger charge is -2.39. The van der Waals surface area contributed by atoms with Crippen molar-refractivity contribution in [1.82, 2.24) is 29.2 Å². The smallest absolute Gasteiger partial charge is 0.282 e. The molecule has 0 saturated carbocycles. The third kappa shape index (κ3) is 14.6. The first-order valence-corrected chi connectivity index (χ1v) is 39.4. The number of thioether (sulfide) groups is 2. The number of rotatable bonds is 20. The van der Waals surface area contributed by atoms with Gasteiger partial charge in [-0.1, -0.05) is 150 Å². The molecule has 0 bridgehead atoms. The summed E-state index contributed by atoms with van der Waals surface area (Å²) in [6.45, 7) is 14.0. The second-order valence-corrected chi connectivity index (χ2v) is 32.5. The maximum atomic E-state index is 13.6. The number of pyridine rings is 2. The number of furan rings is 1. The number of amides is 2. The monoisotopic (exact) mass is 1440 g/mol. The van der Waals surface area contributed by atoms with E-state index in [-0.39, 0.29) is 79.8 Å². The van der Waals surface area contributed by atoms with E-state index in [0.29, 0.717) is 24.1 Å². The van der Waals surface area contributed by atoms with Crippen LogP contribution in [0.1, 0.15) is 58.4 Å². The quantitative estimate of drug-likeness (QED) is 0.0686. The zero-order chi connectivity index (χ0) is 70.9. The number of sulfonamides is 2. The molecular formula is C84H76N6O9S4. The summed E-state index contributed by atoms with van der Waals surface area (Å²) in [5, 5.41) is 4.21. The molecule has 19 heteroatoms. The molecule has 4 aliphatic rings. The molecule has 2 amide bonds. The van der Waals surface area contributed by atoms with E-state index in [9.17, 15) is 26.4 Å². The predicted molar refractivity (Wildman–Crippen MR) is 413 cm³/mol. The number of hydrogen-bond acceptors (Lipinski definition) is 13. The molecule has 8 atom stereocenters. The maximum Gasteiger partial charge on any atom is 0.282 e. The zero-order valence-corrected chi connectivity index (χ0v) is 60.1. The Morgan fingerprint density at radius 1 is 0.505 bits per heavy atom. The summed E-state index contributed by atoms with van der Waals surface area (Å²) in [6.07, 6.45) is 6.72. The molecule has 9 aromatic carbocycles. The number of nitrogens with zero attached hydrogens (tertiary/aromatic N) is 4. The molecule has 0 aliphatic carbocycles. The fourth-order valence-corrected chi connectivity index (χ4v) is 20.0. The van der Waals surface area contributed by atoms with E-state index in [1.165, 1.54) is 23.5 Å². The number of piperidine rings is 2. The molecule has 16 rings (SSSR count). The van der Waals surface area contributed by atoms with Crippen LogP contribution in [-0.2, 0) is 20.0 Å². The van der Waals surface area contributed by atoms with Crippen molar-refractivity contribution in [3.63, 3.8) is 0 Å². The van der Waals surface area contributed by atoms with Crippen LogP contribution in [0.5, 0.6) is 23.0 Å². The van der Waals surface area contributed by atoms with Crippen molar-refractivity contribution in [1.29, 1.82) is 0 Å². The Kier molecular flexibility index (Phi) is 19.7. The number of nitrogens with one attached hydrogen (secondary N) is 2.